The van der Waals surface area contributed by atoms with Crippen LogP contribution in [0.3, 0.4) is 0 Å². The highest BCUT2D eigenvalue weighted by atomic mass is 16.5. The van der Waals surface area contributed by atoms with Crippen LogP contribution < -0.4 is 10.6 Å². The van der Waals surface area contributed by atoms with E-state index in [0.717, 1.165) is 30.9 Å². The highest BCUT2D eigenvalue weighted by Gasteiger charge is 2.25. The molecule has 102 valence electrons. The lowest BCUT2D eigenvalue weighted by atomic mass is 10.1. The van der Waals surface area contributed by atoms with Gasteiger partial charge in [0.05, 0.1) is 18.5 Å². The van der Waals surface area contributed by atoms with Gasteiger partial charge in [0.25, 0.3) is 0 Å². The fraction of sp³-hybridized carbons (Fsp3) is 0.583. The zero-order valence-electron chi connectivity index (χ0n) is 11.1. The van der Waals surface area contributed by atoms with E-state index in [1.165, 1.54) is 0 Å². The minimum absolute atomic E-state index is 0.190. The van der Waals surface area contributed by atoms with Crippen molar-refractivity contribution in [3.8, 4) is 0 Å². The third kappa shape index (κ3) is 2.33. The maximum Gasteiger partial charge on any atom is 0.226 e. The molecule has 0 aliphatic carbocycles. The van der Waals surface area contributed by atoms with Gasteiger partial charge in [0, 0.05) is 13.2 Å². The first kappa shape index (κ1) is 12.2. The number of imidazole rings is 1. The monoisotopic (exact) mass is 262 g/mol. The van der Waals surface area contributed by atoms with Crippen LogP contribution >= 0.6 is 0 Å². The van der Waals surface area contributed by atoms with E-state index in [1.807, 2.05) is 6.92 Å². The van der Waals surface area contributed by atoms with Crippen LogP contribution in [0, 0.1) is 0 Å². The standard InChI is InChI=1S/C12H18N6O/c1-3-13-12-17-10-9(14-6-15-10)11(18-12)16-8-4-5-19-7(8)2/h6-8H,3-5H2,1-2H3,(H3,13,14,15,16,17,18). The number of anilines is 2. The van der Waals surface area contributed by atoms with Crippen LogP contribution in [0.5, 0.6) is 0 Å². The van der Waals surface area contributed by atoms with Gasteiger partial charge < -0.3 is 20.4 Å². The summed E-state index contributed by atoms with van der Waals surface area (Å²) in [7, 11) is 0. The maximum atomic E-state index is 5.56. The number of ether oxygens (including phenoxy) is 1. The fourth-order valence-corrected chi connectivity index (χ4v) is 2.27. The second-order valence-electron chi connectivity index (χ2n) is 4.64. The van der Waals surface area contributed by atoms with E-state index in [2.05, 4.69) is 37.5 Å². The van der Waals surface area contributed by atoms with Crippen LogP contribution in [0.25, 0.3) is 11.2 Å². The summed E-state index contributed by atoms with van der Waals surface area (Å²) in [5, 5.41) is 6.55. The molecule has 0 aromatic carbocycles. The summed E-state index contributed by atoms with van der Waals surface area (Å²) in [6.45, 7) is 5.65. The Morgan fingerprint density at radius 2 is 2.37 bits per heavy atom. The van der Waals surface area contributed by atoms with E-state index in [1.54, 1.807) is 6.33 Å². The summed E-state index contributed by atoms with van der Waals surface area (Å²) < 4.78 is 5.56. The lowest BCUT2D eigenvalue weighted by Gasteiger charge is -2.17. The average molecular weight is 262 g/mol. The van der Waals surface area contributed by atoms with Crippen molar-refractivity contribution in [1.29, 1.82) is 0 Å². The van der Waals surface area contributed by atoms with Gasteiger partial charge in [0.15, 0.2) is 11.5 Å². The summed E-state index contributed by atoms with van der Waals surface area (Å²) in [6.07, 6.45) is 2.81. The van der Waals surface area contributed by atoms with Gasteiger partial charge in [-0.1, -0.05) is 0 Å². The third-order valence-electron chi connectivity index (χ3n) is 3.32. The molecule has 1 fully saturated rings. The van der Waals surface area contributed by atoms with Gasteiger partial charge in [-0.05, 0) is 20.3 Å². The Balaban J connectivity index is 1.93. The molecule has 0 saturated carbocycles. The SMILES string of the molecule is CCNc1nc(NC2CCOC2C)c2[nH]cnc2n1. The Labute approximate surface area is 111 Å². The molecule has 3 heterocycles. The van der Waals surface area contributed by atoms with E-state index < -0.39 is 0 Å². The highest BCUT2D eigenvalue weighted by molar-refractivity contribution is 5.83. The van der Waals surface area contributed by atoms with Crippen molar-refractivity contribution in [2.75, 3.05) is 23.8 Å². The summed E-state index contributed by atoms with van der Waals surface area (Å²) in [4.78, 5) is 16.1. The van der Waals surface area contributed by atoms with Crippen molar-refractivity contribution in [3.63, 3.8) is 0 Å². The molecule has 2 atom stereocenters. The Morgan fingerprint density at radius 3 is 3.11 bits per heavy atom. The Kier molecular flexibility index (Phi) is 3.20. The van der Waals surface area contributed by atoms with Gasteiger partial charge in [-0.3, -0.25) is 0 Å². The van der Waals surface area contributed by atoms with Crippen molar-refractivity contribution in [1.82, 2.24) is 19.9 Å². The fourth-order valence-electron chi connectivity index (χ4n) is 2.27. The smallest absolute Gasteiger partial charge is 0.226 e. The zero-order valence-corrected chi connectivity index (χ0v) is 11.1. The number of H-pyrrole nitrogens is 1. The number of nitrogens with zero attached hydrogens (tertiary/aromatic N) is 3. The van der Waals surface area contributed by atoms with E-state index in [9.17, 15) is 0 Å². The van der Waals surface area contributed by atoms with E-state index in [4.69, 9.17) is 4.74 Å². The van der Waals surface area contributed by atoms with Crippen LogP contribution in [0.2, 0.25) is 0 Å². The van der Waals surface area contributed by atoms with Crippen LogP contribution in [0.15, 0.2) is 6.33 Å². The molecule has 1 saturated heterocycles. The molecular formula is C12H18N6O. The Bertz CT molecular complexity index is 568. The lowest BCUT2D eigenvalue weighted by molar-refractivity contribution is 0.121. The maximum absolute atomic E-state index is 5.56. The molecule has 1 aliphatic heterocycles. The zero-order chi connectivity index (χ0) is 13.2. The van der Waals surface area contributed by atoms with Crippen LogP contribution in [0.4, 0.5) is 11.8 Å². The number of fused-ring (bicyclic) bond motifs is 1. The number of hydrogen-bond acceptors (Lipinski definition) is 6. The van der Waals surface area contributed by atoms with Crippen LogP contribution in [0.1, 0.15) is 20.3 Å². The largest absolute Gasteiger partial charge is 0.376 e. The number of hydrogen-bond donors (Lipinski definition) is 3. The normalized spacial score (nSPS) is 22.8. The number of aromatic amines is 1. The molecule has 0 radical (unpaired) electrons. The number of rotatable bonds is 4. The molecule has 2 aromatic heterocycles. The summed E-state index contributed by atoms with van der Waals surface area (Å²) in [6, 6.07) is 0.274. The molecule has 2 aromatic rings. The van der Waals surface area contributed by atoms with Gasteiger partial charge in [0.2, 0.25) is 5.95 Å². The van der Waals surface area contributed by atoms with Crippen LogP contribution in [-0.2, 0) is 4.74 Å². The van der Waals surface area contributed by atoms with Crippen molar-refractivity contribution in [3.05, 3.63) is 6.33 Å². The first-order chi connectivity index (χ1) is 9.28. The van der Waals surface area contributed by atoms with E-state index in [0.29, 0.717) is 11.6 Å². The summed E-state index contributed by atoms with van der Waals surface area (Å²) >= 11 is 0. The minimum atomic E-state index is 0.190. The first-order valence-electron chi connectivity index (χ1n) is 6.61. The average Bonchev–Trinajstić information content (AvgIpc) is 3.00. The van der Waals surface area contributed by atoms with Gasteiger partial charge in [-0.15, -0.1) is 0 Å². The molecule has 0 spiro atoms. The molecule has 0 bridgehead atoms. The lowest BCUT2D eigenvalue weighted by Crippen LogP contribution is -2.27. The van der Waals surface area contributed by atoms with E-state index >= 15 is 0 Å². The Morgan fingerprint density at radius 1 is 1.47 bits per heavy atom. The number of aromatic nitrogens is 4. The second kappa shape index (κ2) is 5.00. The quantitative estimate of drug-likeness (QED) is 0.771. The van der Waals surface area contributed by atoms with Crippen molar-refractivity contribution >= 4 is 22.9 Å². The summed E-state index contributed by atoms with van der Waals surface area (Å²) in [5.74, 6) is 1.37. The predicted molar refractivity (Wildman–Crippen MR) is 73.3 cm³/mol. The molecule has 19 heavy (non-hydrogen) atoms. The number of nitrogens with one attached hydrogen (secondary N) is 3. The van der Waals surface area contributed by atoms with Gasteiger partial charge in [-0.2, -0.15) is 9.97 Å². The van der Waals surface area contributed by atoms with Gasteiger partial charge in [-0.25, -0.2) is 4.98 Å². The van der Waals surface area contributed by atoms with Crippen molar-refractivity contribution < 1.29 is 4.74 Å². The molecule has 7 heteroatoms. The second-order valence-corrected chi connectivity index (χ2v) is 4.64. The van der Waals surface area contributed by atoms with Crippen LogP contribution in [-0.4, -0.2) is 45.2 Å². The molecule has 3 rings (SSSR count). The highest BCUT2D eigenvalue weighted by Crippen LogP contribution is 2.23. The Hall–Kier alpha value is -1.89. The molecule has 0 amide bonds. The molecule has 3 N–H and O–H groups in total. The van der Waals surface area contributed by atoms with Gasteiger partial charge in [0.1, 0.15) is 5.52 Å². The molecular weight excluding hydrogens is 244 g/mol. The minimum Gasteiger partial charge on any atom is -0.376 e. The molecule has 2 unspecified atom stereocenters. The first-order valence-corrected chi connectivity index (χ1v) is 6.61. The molecule has 1 aliphatic rings. The topological polar surface area (TPSA) is 87.8 Å². The van der Waals surface area contributed by atoms with E-state index in [-0.39, 0.29) is 12.1 Å². The van der Waals surface area contributed by atoms with Crippen molar-refractivity contribution in [2.24, 2.45) is 0 Å². The molecule has 7 nitrogen and oxygen atoms in total. The summed E-state index contributed by atoms with van der Waals surface area (Å²) in [5.41, 5.74) is 1.50. The third-order valence-corrected chi connectivity index (χ3v) is 3.32. The van der Waals surface area contributed by atoms with Gasteiger partial charge >= 0.3 is 0 Å². The predicted octanol–water partition coefficient (Wildman–Crippen LogP) is 1.37. The van der Waals surface area contributed by atoms with Crippen molar-refractivity contribution in [2.45, 2.75) is 32.4 Å².